The summed E-state index contributed by atoms with van der Waals surface area (Å²) >= 11 is 0. The molecular formula is C13H18N2O. The minimum atomic E-state index is 0.343. The van der Waals surface area contributed by atoms with E-state index in [0.29, 0.717) is 5.54 Å². The van der Waals surface area contributed by atoms with Gasteiger partial charge in [-0.05, 0) is 50.9 Å². The summed E-state index contributed by atoms with van der Waals surface area (Å²) in [6.45, 7) is 3.35. The molecule has 0 saturated carbocycles. The zero-order valence-electron chi connectivity index (χ0n) is 9.56. The molecule has 2 saturated heterocycles. The maximum absolute atomic E-state index is 5.89. The SMILES string of the molecule is c1cncc(OCC23CCCN2CCC3)c1. The van der Waals surface area contributed by atoms with Crippen LogP contribution in [0.5, 0.6) is 5.75 Å². The Balaban J connectivity index is 1.66. The predicted octanol–water partition coefficient (Wildman–Crippen LogP) is 2.09. The van der Waals surface area contributed by atoms with Crippen LogP contribution in [0.25, 0.3) is 0 Å². The highest BCUT2D eigenvalue weighted by Crippen LogP contribution is 2.38. The van der Waals surface area contributed by atoms with E-state index in [1.54, 1.807) is 12.4 Å². The molecule has 0 N–H and O–H groups in total. The van der Waals surface area contributed by atoms with Gasteiger partial charge in [0.2, 0.25) is 0 Å². The highest BCUT2D eigenvalue weighted by molar-refractivity contribution is 5.16. The lowest BCUT2D eigenvalue weighted by Gasteiger charge is -2.31. The first-order valence-corrected chi connectivity index (χ1v) is 6.17. The van der Waals surface area contributed by atoms with Crippen molar-refractivity contribution in [3.05, 3.63) is 24.5 Å². The molecule has 2 fully saturated rings. The van der Waals surface area contributed by atoms with E-state index < -0.39 is 0 Å². The zero-order chi connectivity index (χ0) is 10.8. The molecule has 86 valence electrons. The van der Waals surface area contributed by atoms with Gasteiger partial charge in [0.25, 0.3) is 0 Å². The van der Waals surface area contributed by atoms with Crippen LogP contribution in [0.3, 0.4) is 0 Å². The summed E-state index contributed by atoms with van der Waals surface area (Å²) in [7, 11) is 0. The first kappa shape index (κ1) is 10.1. The van der Waals surface area contributed by atoms with Gasteiger partial charge < -0.3 is 4.74 Å². The van der Waals surface area contributed by atoms with E-state index in [0.717, 1.165) is 12.4 Å². The molecular weight excluding hydrogens is 200 g/mol. The molecule has 1 aromatic rings. The molecule has 0 bridgehead atoms. The van der Waals surface area contributed by atoms with E-state index in [1.165, 1.54) is 38.8 Å². The van der Waals surface area contributed by atoms with Gasteiger partial charge in [-0.25, -0.2) is 0 Å². The molecule has 0 atom stereocenters. The van der Waals surface area contributed by atoms with Gasteiger partial charge in [0.1, 0.15) is 12.4 Å². The van der Waals surface area contributed by atoms with E-state index in [1.807, 2.05) is 12.1 Å². The molecule has 3 heteroatoms. The predicted molar refractivity (Wildman–Crippen MR) is 62.5 cm³/mol. The number of ether oxygens (including phenoxy) is 1. The van der Waals surface area contributed by atoms with Crippen molar-refractivity contribution in [1.82, 2.24) is 9.88 Å². The minimum Gasteiger partial charge on any atom is -0.490 e. The van der Waals surface area contributed by atoms with Gasteiger partial charge in [-0.15, -0.1) is 0 Å². The second-order valence-corrected chi connectivity index (χ2v) is 4.90. The van der Waals surface area contributed by atoms with Gasteiger partial charge in [-0.2, -0.15) is 0 Å². The quantitative estimate of drug-likeness (QED) is 0.776. The molecule has 16 heavy (non-hydrogen) atoms. The standard InChI is InChI=1S/C13H18N2O/c1-4-12(10-14-7-1)16-11-13-5-2-8-15(13)9-3-6-13/h1,4,7,10H,2-3,5-6,8-9,11H2. The highest BCUT2D eigenvalue weighted by atomic mass is 16.5. The summed E-state index contributed by atoms with van der Waals surface area (Å²) in [6, 6.07) is 3.91. The van der Waals surface area contributed by atoms with Crippen molar-refractivity contribution in [2.75, 3.05) is 19.7 Å². The third-order valence-electron chi connectivity index (χ3n) is 3.95. The van der Waals surface area contributed by atoms with E-state index in [9.17, 15) is 0 Å². The van der Waals surface area contributed by atoms with Gasteiger partial charge in [-0.3, -0.25) is 9.88 Å². The molecule has 0 amide bonds. The summed E-state index contributed by atoms with van der Waals surface area (Å²) < 4.78 is 5.89. The van der Waals surface area contributed by atoms with Crippen LogP contribution in [-0.4, -0.2) is 35.1 Å². The molecule has 0 radical (unpaired) electrons. The normalized spacial score (nSPS) is 23.2. The van der Waals surface area contributed by atoms with Crippen molar-refractivity contribution in [2.24, 2.45) is 0 Å². The molecule has 2 aliphatic heterocycles. The fourth-order valence-electron chi connectivity index (χ4n) is 3.11. The molecule has 0 spiro atoms. The molecule has 3 rings (SSSR count). The lowest BCUT2D eigenvalue weighted by molar-refractivity contribution is 0.113. The fourth-order valence-corrected chi connectivity index (χ4v) is 3.11. The van der Waals surface area contributed by atoms with Crippen LogP contribution in [0.1, 0.15) is 25.7 Å². The third-order valence-corrected chi connectivity index (χ3v) is 3.95. The van der Waals surface area contributed by atoms with E-state index in [-0.39, 0.29) is 0 Å². The maximum atomic E-state index is 5.89. The van der Waals surface area contributed by atoms with Crippen molar-refractivity contribution >= 4 is 0 Å². The van der Waals surface area contributed by atoms with Crippen molar-refractivity contribution in [1.29, 1.82) is 0 Å². The van der Waals surface area contributed by atoms with Crippen molar-refractivity contribution in [3.63, 3.8) is 0 Å². The van der Waals surface area contributed by atoms with Crippen LogP contribution < -0.4 is 4.74 Å². The molecule has 3 heterocycles. The third kappa shape index (κ3) is 1.69. The minimum absolute atomic E-state index is 0.343. The van der Waals surface area contributed by atoms with Crippen LogP contribution >= 0.6 is 0 Å². The van der Waals surface area contributed by atoms with Crippen LogP contribution in [-0.2, 0) is 0 Å². The summed E-state index contributed by atoms with van der Waals surface area (Å²) in [4.78, 5) is 6.69. The Morgan fingerprint density at radius 3 is 2.81 bits per heavy atom. The van der Waals surface area contributed by atoms with E-state index in [4.69, 9.17) is 4.74 Å². The Morgan fingerprint density at radius 1 is 1.31 bits per heavy atom. The Hall–Kier alpha value is -1.09. The van der Waals surface area contributed by atoms with Crippen molar-refractivity contribution < 1.29 is 4.74 Å². The number of hydrogen-bond acceptors (Lipinski definition) is 3. The number of rotatable bonds is 3. The molecule has 1 aromatic heterocycles. The first-order valence-electron chi connectivity index (χ1n) is 6.17. The zero-order valence-corrected chi connectivity index (χ0v) is 9.56. The molecule has 0 aliphatic carbocycles. The van der Waals surface area contributed by atoms with E-state index in [2.05, 4.69) is 9.88 Å². The number of aromatic nitrogens is 1. The van der Waals surface area contributed by atoms with Crippen LogP contribution in [0.2, 0.25) is 0 Å². The average molecular weight is 218 g/mol. The Kier molecular flexibility index (Phi) is 2.56. The average Bonchev–Trinajstić information content (AvgIpc) is 2.87. The largest absolute Gasteiger partial charge is 0.490 e. The van der Waals surface area contributed by atoms with Crippen LogP contribution in [0, 0.1) is 0 Å². The Bertz CT molecular complexity index is 342. The highest BCUT2D eigenvalue weighted by Gasteiger charge is 2.44. The number of pyridine rings is 1. The molecule has 2 aliphatic rings. The topological polar surface area (TPSA) is 25.4 Å². The summed E-state index contributed by atoms with van der Waals surface area (Å²) in [5.41, 5.74) is 0.343. The van der Waals surface area contributed by atoms with E-state index >= 15 is 0 Å². The van der Waals surface area contributed by atoms with Gasteiger partial charge >= 0.3 is 0 Å². The van der Waals surface area contributed by atoms with Gasteiger partial charge in [-0.1, -0.05) is 0 Å². The lowest BCUT2D eigenvalue weighted by atomic mass is 9.95. The molecule has 3 nitrogen and oxygen atoms in total. The van der Waals surface area contributed by atoms with Crippen molar-refractivity contribution in [3.8, 4) is 5.75 Å². The maximum Gasteiger partial charge on any atom is 0.137 e. The van der Waals surface area contributed by atoms with Crippen LogP contribution in [0.15, 0.2) is 24.5 Å². The molecule has 0 unspecified atom stereocenters. The number of nitrogens with zero attached hydrogens (tertiary/aromatic N) is 2. The van der Waals surface area contributed by atoms with Gasteiger partial charge in [0.15, 0.2) is 0 Å². The molecule has 0 aromatic carbocycles. The fraction of sp³-hybridized carbons (Fsp3) is 0.615. The van der Waals surface area contributed by atoms with Crippen LogP contribution in [0.4, 0.5) is 0 Å². The Labute approximate surface area is 96.4 Å². The smallest absolute Gasteiger partial charge is 0.137 e. The summed E-state index contributed by atoms with van der Waals surface area (Å²) in [5.74, 6) is 0.899. The second-order valence-electron chi connectivity index (χ2n) is 4.90. The van der Waals surface area contributed by atoms with Crippen molar-refractivity contribution in [2.45, 2.75) is 31.2 Å². The lowest BCUT2D eigenvalue weighted by Crippen LogP contribution is -2.43. The summed E-state index contributed by atoms with van der Waals surface area (Å²) in [5, 5.41) is 0. The number of hydrogen-bond donors (Lipinski definition) is 0. The monoisotopic (exact) mass is 218 g/mol. The van der Waals surface area contributed by atoms with Gasteiger partial charge in [0.05, 0.1) is 11.7 Å². The first-order chi connectivity index (χ1) is 7.89. The summed E-state index contributed by atoms with van der Waals surface area (Å²) in [6.07, 6.45) is 8.83. The Morgan fingerprint density at radius 2 is 2.12 bits per heavy atom. The second kappa shape index (κ2) is 4.06. The van der Waals surface area contributed by atoms with Gasteiger partial charge in [0, 0.05) is 6.20 Å². The number of fused-ring (bicyclic) bond motifs is 1.